The molecule has 1 heterocycles. The van der Waals surface area contributed by atoms with E-state index >= 15 is 0 Å². The topological polar surface area (TPSA) is 72.7 Å². The highest BCUT2D eigenvalue weighted by Crippen LogP contribution is 2.11. The van der Waals surface area contributed by atoms with Gasteiger partial charge in [-0.25, -0.2) is 4.79 Å². The molecule has 0 aliphatic heterocycles. The number of carbonyl (C=O) groups is 1. The third-order valence-corrected chi connectivity index (χ3v) is 3.07. The third-order valence-electron chi connectivity index (χ3n) is 3.07. The summed E-state index contributed by atoms with van der Waals surface area (Å²) in [6.45, 7) is 2.07. The lowest BCUT2D eigenvalue weighted by molar-refractivity contribution is 0.104. The molecular weight excluding hydrogens is 296 g/mol. The summed E-state index contributed by atoms with van der Waals surface area (Å²) in [4.78, 5) is 11.8. The van der Waals surface area contributed by atoms with E-state index in [0.29, 0.717) is 26.4 Å². The van der Waals surface area contributed by atoms with Crippen LogP contribution in [0.1, 0.15) is 17.7 Å². The second-order valence-electron chi connectivity index (χ2n) is 5.00. The Morgan fingerprint density at radius 1 is 1.22 bits per heavy atom. The van der Waals surface area contributed by atoms with Crippen molar-refractivity contribution in [2.75, 3.05) is 25.6 Å². The van der Waals surface area contributed by atoms with Crippen LogP contribution in [0.15, 0.2) is 47.1 Å². The van der Waals surface area contributed by atoms with Gasteiger partial charge in [0.1, 0.15) is 12.4 Å². The maximum absolute atomic E-state index is 11.8. The minimum Gasteiger partial charge on any atom is -0.467 e. The first-order valence-corrected chi connectivity index (χ1v) is 7.51. The van der Waals surface area contributed by atoms with Crippen LogP contribution in [0, 0.1) is 0 Å². The molecule has 2 aromatic rings. The van der Waals surface area contributed by atoms with Gasteiger partial charge in [-0.3, -0.25) is 0 Å². The van der Waals surface area contributed by atoms with Crippen LogP contribution in [-0.4, -0.2) is 26.3 Å². The van der Waals surface area contributed by atoms with E-state index in [-0.39, 0.29) is 6.03 Å². The highest BCUT2D eigenvalue weighted by molar-refractivity contribution is 5.89. The Morgan fingerprint density at radius 3 is 2.91 bits per heavy atom. The molecule has 0 aliphatic carbocycles. The lowest BCUT2D eigenvalue weighted by atomic mass is 10.2. The summed E-state index contributed by atoms with van der Waals surface area (Å²) in [5.74, 6) is 0.798. The fraction of sp³-hybridized carbons (Fsp3) is 0.353. The summed E-state index contributed by atoms with van der Waals surface area (Å²) < 4.78 is 15.7. The van der Waals surface area contributed by atoms with Crippen LogP contribution in [-0.2, 0) is 22.7 Å². The van der Waals surface area contributed by atoms with Gasteiger partial charge in [0.2, 0.25) is 0 Å². The number of hydrogen-bond acceptors (Lipinski definition) is 4. The van der Waals surface area contributed by atoms with Crippen molar-refractivity contribution in [3.63, 3.8) is 0 Å². The van der Waals surface area contributed by atoms with Gasteiger partial charge in [-0.1, -0.05) is 12.1 Å². The lowest BCUT2D eigenvalue weighted by Gasteiger charge is -2.09. The van der Waals surface area contributed by atoms with E-state index in [1.54, 1.807) is 13.4 Å². The first-order valence-electron chi connectivity index (χ1n) is 7.51. The molecule has 0 spiro atoms. The number of urea groups is 1. The van der Waals surface area contributed by atoms with E-state index in [1.807, 2.05) is 36.4 Å². The van der Waals surface area contributed by atoms with Gasteiger partial charge in [0.15, 0.2) is 0 Å². The predicted molar refractivity (Wildman–Crippen MR) is 87.2 cm³/mol. The highest BCUT2D eigenvalue weighted by Gasteiger charge is 2.02. The first kappa shape index (κ1) is 17.1. The van der Waals surface area contributed by atoms with Crippen LogP contribution < -0.4 is 10.6 Å². The standard InChI is InChI=1S/C17H22N2O4/c1-21-12-14-5-2-6-15(11-14)19-17(20)18-8-4-9-22-13-16-7-3-10-23-16/h2-3,5-7,10-11H,4,8-9,12-13H2,1H3,(H2,18,19,20). The number of methoxy groups -OCH3 is 1. The monoisotopic (exact) mass is 318 g/mol. The molecule has 0 saturated heterocycles. The van der Waals surface area contributed by atoms with Crippen LogP contribution >= 0.6 is 0 Å². The molecule has 2 rings (SSSR count). The van der Waals surface area contributed by atoms with Gasteiger partial charge in [0, 0.05) is 25.9 Å². The maximum atomic E-state index is 11.8. The number of amides is 2. The second-order valence-corrected chi connectivity index (χ2v) is 5.00. The van der Waals surface area contributed by atoms with Crippen LogP contribution in [0.3, 0.4) is 0 Å². The maximum Gasteiger partial charge on any atom is 0.319 e. The normalized spacial score (nSPS) is 10.5. The fourth-order valence-corrected chi connectivity index (χ4v) is 2.02. The Labute approximate surface area is 135 Å². The van der Waals surface area contributed by atoms with Gasteiger partial charge in [0.25, 0.3) is 0 Å². The summed E-state index contributed by atoms with van der Waals surface area (Å²) in [7, 11) is 1.64. The molecule has 124 valence electrons. The van der Waals surface area contributed by atoms with Crippen molar-refractivity contribution in [1.29, 1.82) is 0 Å². The summed E-state index contributed by atoms with van der Waals surface area (Å²) in [5, 5.41) is 5.58. The Bertz CT molecular complexity index is 584. The first-order chi connectivity index (χ1) is 11.3. The van der Waals surface area contributed by atoms with E-state index in [9.17, 15) is 4.79 Å². The molecule has 1 aromatic carbocycles. The number of nitrogens with one attached hydrogen (secondary N) is 2. The summed E-state index contributed by atoms with van der Waals surface area (Å²) in [6, 6.07) is 11.0. The molecular formula is C17H22N2O4. The van der Waals surface area contributed by atoms with Crippen LogP contribution in [0.5, 0.6) is 0 Å². The quantitative estimate of drug-likeness (QED) is 0.697. The number of benzene rings is 1. The molecule has 0 unspecified atom stereocenters. The zero-order valence-corrected chi connectivity index (χ0v) is 13.2. The molecule has 1 aromatic heterocycles. The number of hydrogen-bond donors (Lipinski definition) is 2. The van der Waals surface area contributed by atoms with Crippen molar-refractivity contribution in [2.45, 2.75) is 19.6 Å². The molecule has 2 amide bonds. The summed E-state index contributed by atoms with van der Waals surface area (Å²) in [5.41, 5.74) is 1.75. The number of carbonyl (C=O) groups excluding carboxylic acids is 1. The summed E-state index contributed by atoms with van der Waals surface area (Å²) in [6.07, 6.45) is 2.35. The van der Waals surface area contributed by atoms with E-state index in [0.717, 1.165) is 23.4 Å². The molecule has 0 atom stereocenters. The van der Waals surface area contributed by atoms with Gasteiger partial charge in [-0.05, 0) is 36.2 Å². The van der Waals surface area contributed by atoms with Crippen LogP contribution in [0.4, 0.5) is 10.5 Å². The molecule has 0 fully saturated rings. The van der Waals surface area contributed by atoms with Crippen molar-refractivity contribution in [2.24, 2.45) is 0 Å². The van der Waals surface area contributed by atoms with Gasteiger partial charge in [-0.2, -0.15) is 0 Å². The zero-order valence-electron chi connectivity index (χ0n) is 13.2. The van der Waals surface area contributed by atoms with Crippen molar-refractivity contribution < 1.29 is 18.7 Å². The van der Waals surface area contributed by atoms with Crippen LogP contribution in [0.25, 0.3) is 0 Å². The number of anilines is 1. The van der Waals surface area contributed by atoms with E-state index in [1.165, 1.54) is 0 Å². The molecule has 6 heteroatoms. The van der Waals surface area contributed by atoms with Gasteiger partial charge >= 0.3 is 6.03 Å². The minimum atomic E-state index is -0.231. The minimum absolute atomic E-state index is 0.231. The predicted octanol–water partition coefficient (Wildman–Crippen LogP) is 3.15. The lowest BCUT2D eigenvalue weighted by Crippen LogP contribution is -2.30. The molecule has 0 bridgehead atoms. The number of furan rings is 1. The SMILES string of the molecule is COCc1cccc(NC(=O)NCCCOCc2ccco2)c1. The number of ether oxygens (including phenoxy) is 2. The fourth-order valence-electron chi connectivity index (χ4n) is 2.02. The van der Waals surface area contributed by atoms with E-state index in [2.05, 4.69) is 10.6 Å². The Kier molecular flexibility index (Phi) is 7.16. The van der Waals surface area contributed by atoms with Crippen molar-refractivity contribution >= 4 is 11.7 Å². The molecule has 23 heavy (non-hydrogen) atoms. The van der Waals surface area contributed by atoms with E-state index in [4.69, 9.17) is 13.9 Å². The average molecular weight is 318 g/mol. The Hall–Kier alpha value is -2.31. The summed E-state index contributed by atoms with van der Waals surface area (Å²) >= 11 is 0. The molecule has 0 aliphatic rings. The Morgan fingerprint density at radius 2 is 2.13 bits per heavy atom. The van der Waals surface area contributed by atoms with Gasteiger partial charge in [-0.15, -0.1) is 0 Å². The van der Waals surface area contributed by atoms with E-state index < -0.39 is 0 Å². The largest absolute Gasteiger partial charge is 0.467 e. The third kappa shape index (κ3) is 6.54. The van der Waals surface area contributed by atoms with Crippen molar-refractivity contribution in [1.82, 2.24) is 5.32 Å². The number of rotatable bonds is 9. The molecule has 0 radical (unpaired) electrons. The van der Waals surface area contributed by atoms with Crippen LogP contribution in [0.2, 0.25) is 0 Å². The zero-order chi connectivity index (χ0) is 16.3. The Balaban J connectivity index is 1.58. The molecule has 6 nitrogen and oxygen atoms in total. The van der Waals surface area contributed by atoms with Crippen molar-refractivity contribution in [3.8, 4) is 0 Å². The second kappa shape index (κ2) is 9.66. The molecule has 0 saturated carbocycles. The molecule has 2 N–H and O–H groups in total. The van der Waals surface area contributed by atoms with Gasteiger partial charge in [0.05, 0.1) is 12.9 Å². The highest BCUT2D eigenvalue weighted by atomic mass is 16.5. The van der Waals surface area contributed by atoms with Crippen molar-refractivity contribution in [3.05, 3.63) is 54.0 Å². The average Bonchev–Trinajstić information content (AvgIpc) is 3.05. The van der Waals surface area contributed by atoms with Gasteiger partial charge < -0.3 is 24.5 Å². The smallest absolute Gasteiger partial charge is 0.319 e.